The second-order valence-corrected chi connectivity index (χ2v) is 9.14. The van der Waals surface area contributed by atoms with Crippen molar-refractivity contribution in [2.24, 2.45) is 4.99 Å². The molecule has 1 unspecified atom stereocenters. The zero-order chi connectivity index (χ0) is 23.7. The third kappa shape index (κ3) is 4.49. The molecule has 3 aromatic rings. The Morgan fingerprint density at radius 3 is 2.56 bits per heavy atom. The van der Waals surface area contributed by atoms with Crippen molar-refractivity contribution >= 4 is 17.6 Å². The molecule has 1 saturated heterocycles. The zero-order valence-electron chi connectivity index (χ0n) is 19.9. The summed E-state index contributed by atoms with van der Waals surface area (Å²) >= 11 is 0. The lowest BCUT2D eigenvalue weighted by atomic mass is 10.1. The third-order valence-electron chi connectivity index (χ3n) is 6.41. The lowest BCUT2D eigenvalue weighted by molar-refractivity contribution is 0.134. The average molecular weight is 455 g/mol. The van der Waals surface area contributed by atoms with Gasteiger partial charge in [0.05, 0.1) is 5.56 Å². The van der Waals surface area contributed by atoms with Crippen LogP contribution in [0.3, 0.4) is 0 Å². The molecule has 5 rings (SSSR count). The number of fused-ring (bicyclic) bond motifs is 2. The maximum absolute atomic E-state index is 12.9. The van der Waals surface area contributed by atoms with E-state index in [9.17, 15) is 4.79 Å². The van der Waals surface area contributed by atoms with Crippen molar-refractivity contribution in [3.8, 4) is 11.5 Å². The second-order valence-electron chi connectivity index (χ2n) is 9.14. The molecule has 2 amide bonds. The van der Waals surface area contributed by atoms with Gasteiger partial charge in [0.2, 0.25) is 0 Å². The predicted octanol–water partition coefficient (Wildman–Crippen LogP) is 5.40. The van der Waals surface area contributed by atoms with E-state index in [4.69, 9.17) is 9.73 Å². The standard InChI is InChI=1S/C28H30N4O2/c1-19-10-12-25-23(15-19)27(30-24-11-9-20(2)16-26(24)34-25)31-13-14-32(21(3)18-31)28(33)29-17-22-7-5-4-6-8-22/h4-12,15-16,21H,13-14,17-18H2,1-3H3,(H,29,33). The van der Waals surface area contributed by atoms with E-state index in [2.05, 4.69) is 49.2 Å². The van der Waals surface area contributed by atoms with Crippen LogP contribution in [0.1, 0.15) is 29.2 Å². The summed E-state index contributed by atoms with van der Waals surface area (Å²) in [6.07, 6.45) is 0. The van der Waals surface area contributed by atoms with Crippen LogP contribution in [-0.2, 0) is 6.54 Å². The first-order valence-corrected chi connectivity index (χ1v) is 11.8. The number of aliphatic imine (C=N–C) groups is 1. The SMILES string of the molecule is Cc1ccc2c(c1)Oc1ccc(C)cc1C(N1CCN(C(=O)NCc3ccccc3)C(C)C1)=N2. The van der Waals surface area contributed by atoms with E-state index in [-0.39, 0.29) is 12.1 Å². The summed E-state index contributed by atoms with van der Waals surface area (Å²) in [4.78, 5) is 22.2. The van der Waals surface area contributed by atoms with Crippen molar-refractivity contribution in [3.05, 3.63) is 89.0 Å². The fourth-order valence-electron chi connectivity index (χ4n) is 4.56. The van der Waals surface area contributed by atoms with E-state index in [1.165, 1.54) is 0 Å². The molecule has 34 heavy (non-hydrogen) atoms. The van der Waals surface area contributed by atoms with E-state index >= 15 is 0 Å². The number of nitrogens with zero attached hydrogens (tertiary/aromatic N) is 3. The first-order valence-electron chi connectivity index (χ1n) is 11.8. The van der Waals surface area contributed by atoms with Crippen LogP contribution < -0.4 is 10.1 Å². The van der Waals surface area contributed by atoms with Crippen LogP contribution in [0.15, 0.2) is 71.7 Å². The minimum atomic E-state index is -0.0285. The highest BCUT2D eigenvalue weighted by atomic mass is 16.5. The summed E-state index contributed by atoms with van der Waals surface area (Å²) in [7, 11) is 0. The van der Waals surface area contributed by atoms with Gasteiger partial charge in [0.1, 0.15) is 17.3 Å². The van der Waals surface area contributed by atoms with Crippen LogP contribution >= 0.6 is 0 Å². The molecule has 6 heteroatoms. The van der Waals surface area contributed by atoms with Gasteiger partial charge in [-0.2, -0.15) is 0 Å². The molecule has 0 spiro atoms. The molecule has 0 aliphatic carbocycles. The van der Waals surface area contributed by atoms with Crippen LogP contribution in [0.25, 0.3) is 0 Å². The summed E-state index contributed by atoms with van der Waals surface area (Å²) in [6.45, 7) is 8.79. The number of amides is 2. The predicted molar refractivity (Wildman–Crippen MR) is 135 cm³/mol. The second kappa shape index (κ2) is 9.21. The van der Waals surface area contributed by atoms with Crippen molar-refractivity contribution in [1.29, 1.82) is 0 Å². The Morgan fingerprint density at radius 1 is 1.00 bits per heavy atom. The topological polar surface area (TPSA) is 57.2 Å². The number of amidine groups is 1. The summed E-state index contributed by atoms with van der Waals surface area (Å²) in [5, 5.41) is 3.06. The van der Waals surface area contributed by atoms with Crippen molar-refractivity contribution < 1.29 is 9.53 Å². The molecule has 2 heterocycles. The molecule has 6 nitrogen and oxygen atoms in total. The molecule has 0 aromatic heterocycles. The van der Waals surface area contributed by atoms with Crippen LogP contribution in [0.4, 0.5) is 10.5 Å². The van der Waals surface area contributed by atoms with Gasteiger partial charge in [-0.25, -0.2) is 9.79 Å². The fourth-order valence-corrected chi connectivity index (χ4v) is 4.56. The zero-order valence-corrected chi connectivity index (χ0v) is 19.9. The Hall–Kier alpha value is -3.80. The van der Waals surface area contributed by atoms with Crippen molar-refractivity contribution in [2.75, 3.05) is 19.6 Å². The van der Waals surface area contributed by atoms with Crippen LogP contribution in [0.5, 0.6) is 11.5 Å². The molecule has 1 atom stereocenters. The number of piperazine rings is 1. The highest BCUT2D eigenvalue weighted by molar-refractivity contribution is 6.04. The van der Waals surface area contributed by atoms with Gasteiger partial charge in [0, 0.05) is 32.2 Å². The van der Waals surface area contributed by atoms with Crippen LogP contribution in [-0.4, -0.2) is 47.3 Å². The maximum atomic E-state index is 12.9. The number of aryl methyl sites for hydroxylation is 2. The smallest absolute Gasteiger partial charge is 0.318 e. The van der Waals surface area contributed by atoms with Gasteiger partial charge in [0.25, 0.3) is 0 Å². The monoisotopic (exact) mass is 454 g/mol. The normalized spacial score (nSPS) is 17.1. The number of carbonyl (C=O) groups excluding carboxylic acids is 1. The van der Waals surface area contributed by atoms with Gasteiger partial charge in [-0.15, -0.1) is 0 Å². The highest BCUT2D eigenvalue weighted by Gasteiger charge is 2.31. The molecule has 2 aliphatic rings. The Bertz CT molecular complexity index is 1240. The van der Waals surface area contributed by atoms with Crippen molar-refractivity contribution in [2.45, 2.75) is 33.4 Å². The van der Waals surface area contributed by atoms with E-state index in [0.717, 1.165) is 45.3 Å². The molecular weight excluding hydrogens is 424 g/mol. The summed E-state index contributed by atoms with van der Waals surface area (Å²) in [5.41, 5.74) is 5.20. The number of nitrogens with one attached hydrogen (secondary N) is 1. The van der Waals surface area contributed by atoms with E-state index in [0.29, 0.717) is 26.2 Å². The molecular formula is C28H30N4O2. The number of urea groups is 1. The van der Waals surface area contributed by atoms with Gasteiger partial charge in [-0.05, 0) is 56.2 Å². The Kier molecular flexibility index (Phi) is 5.97. The first-order chi connectivity index (χ1) is 16.5. The highest BCUT2D eigenvalue weighted by Crippen LogP contribution is 2.39. The number of hydrogen-bond donors (Lipinski definition) is 1. The fraction of sp³-hybridized carbons (Fsp3) is 0.286. The molecule has 0 radical (unpaired) electrons. The molecule has 2 aliphatic heterocycles. The molecule has 1 fully saturated rings. The number of carbonyl (C=O) groups is 1. The van der Waals surface area contributed by atoms with Crippen molar-refractivity contribution in [3.63, 3.8) is 0 Å². The number of benzene rings is 3. The molecule has 3 aromatic carbocycles. The molecule has 174 valence electrons. The van der Waals surface area contributed by atoms with E-state index in [1.807, 2.05) is 53.4 Å². The molecule has 0 saturated carbocycles. The quantitative estimate of drug-likeness (QED) is 0.564. The third-order valence-corrected chi connectivity index (χ3v) is 6.41. The Labute approximate surface area is 200 Å². The minimum Gasteiger partial charge on any atom is -0.454 e. The van der Waals surface area contributed by atoms with Gasteiger partial charge < -0.3 is 19.9 Å². The molecule has 1 N–H and O–H groups in total. The largest absolute Gasteiger partial charge is 0.454 e. The first kappa shape index (κ1) is 22.0. The number of rotatable bonds is 2. The molecule has 0 bridgehead atoms. The van der Waals surface area contributed by atoms with E-state index in [1.54, 1.807) is 0 Å². The van der Waals surface area contributed by atoms with Gasteiger partial charge >= 0.3 is 6.03 Å². The lowest BCUT2D eigenvalue weighted by Crippen LogP contribution is -2.57. The lowest BCUT2D eigenvalue weighted by Gasteiger charge is -2.41. The summed E-state index contributed by atoms with van der Waals surface area (Å²) in [6, 6.07) is 22.3. The number of hydrogen-bond acceptors (Lipinski definition) is 4. The summed E-state index contributed by atoms with van der Waals surface area (Å²) < 4.78 is 6.30. The van der Waals surface area contributed by atoms with Crippen LogP contribution in [0, 0.1) is 13.8 Å². The maximum Gasteiger partial charge on any atom is 0.318 e. The van der Waals surface area contributed by atoms with Gasteiger partial charge in [0.15, 0.2) is 5.75 Å². The van der Waals surface area contributed by atoms with Crippen molar-refractivity contribution in [1.82, 2.24) is 15.1 Å². The van der Waals surface area contributed by atoms with Gasteiger partial charge in [-0.3, -0.25) is 0 Å². The van der Waals surface area contributed by atoms with Crippen LogP contribution in [0.2, 0.25) is 0 Å². The van der Waals surface area contributed by atoms with Gasteiger partial charge in [-0.1, -0.05) is 48.0 Å². The van der Waals surface area contributed by atoms with E-state index < -0.39 is 0 Å². The average Bonchev–Trinajstić information content (AvgIpc) is 2.99. The Balaban J connectivity index is 1.37. The number of ether oxygens (including phenoxy) is 1. The summed E-state index contributed by atoms with van der Waals surface area (Å²) in [5.74, 6) is 2.48. The Morgan fingerprint density at radius 2 is 1.76 bits per heavy atom. The minimum absolute atomic E-state index is 0.0285.